The predicted molar refractivity (Wildman–Crippen MR) is 91.9 cm³/mol. The number of hydrogen-bond acceptors (Lipinski definition) is 5. The minimum Gasteiger partial charge on any atom is -0.378 e. The molecule has 1 aliphatic heterocycles. The summed E-state index contributed by atoms with van der Waals surface area (Å²) in [7, 11) is 0. The first-order valence-corrected chi connectivity index (χ1v) is 8.46. The van der Waals surface area contributed by atoms with Crippen LogP contribution in [-0.2, 0) is 4.74 Å². The molecule has 0 atom stereocenters. The van der Waals surface area contributed by atoms with Crippen LogP contribution in [0.3, 0.4) is 0 Å². The number of rotatable bonds is 2. The molecule has 1 saturated heterocycles. The zero-order valence-electron chi connectivity index (χ0n) is 12.8. The fourth-order valence-corrected chi connectivity index (χ4v) is 3.68. The van der Waals surface area contributed by atoms with Gasteiger partial charge in [-0.15, -0.1) is 0 Å². The number of carbonyl (C=O) groups excluding carboxylic acids is 1. The maximum absolute atomic E-state index is 12.6. The minimum atomic E-state index is -0.112. The van der Waals surface area contributed by atoms with Gasteiger partial charge in [0.05, 0.1) is 24.3 Å². The fraction of sp³-hybridized carbons (Fsp3) is 0.235. The molecule has 0 bridgehead atoms. The lowest BCUT2D eigenvalue weighted by molar-refractivity contribution is 0.0303. The molecule has 0 radical (unpaired) electrons. The summed E-state index contributed by atoms with van der Waals surface area (Å²) in [6, 6.07) is 10.7. The number of nitrogens with zero attached hydrogens (tertiary/aromatic N) is 3. The highest BCUT2D eigenvalue weighted by Gasteiger charge is 2.19. The van der Waals surface area contributed by atoms with Crippen LogP contribution < -0.4 is 5.56 Å². The second kappa shape index (κ2) is 6.18. The van der Waals surface area contributed by atoms with Crippen molar-refractivity contribution in [2.75, 3.05) is 26.3 Å². The van der Waals surface area contributed by atoms with Crippen molar-refractivity contribution in [2.24, 2.45) is 0 Å². The topological polar surface area (TPSA) is 64.4 Å². The van der Waals surface area contributed by atoms with Gasteiger partial charge in [-0.3, -0.25) is 9.59 Å². The number of carbonyl (C=O) groups is 1. The Labute approximate surface area is 142 Å². The van der Waals surface area contributed by atoms with Crippen LogP contribution in [0.25, 0.3) is 15.9 Å². The monoisotopic (exact) mass is 341 g/mol. The molecule has 7 heteroatoms. The average Bonchev–Trinajstić information content (AvgIpc) is 2.99. The molecular weight excluding hydrogens is 326 g/mol. The zero-order valence-corrected chi connectivity index (χ0v) is 13.7. The van der Waals surface area contributed by atoms with Crippen LogP contribution in [0.4, 0.5) is 0 Å². The van der Waals surface area contributed by atoms with Crippen LogP contribution in [0.5, 0.6) is 0 Å². The highest BCUT2D eigenvalue weighted by atomic mass is 32.1. The van der Waals surface area contributed by atoms with Crippen LogP contribution in [0.2, 0.25) is 0 Å². The molecule has 0 unspecified atom stereocenters. The third kappa shape index (κ3) is 2.61. The zero-order chi connectivity index (χ0) is 16.5. The number of benzene rings is 1. The summed E-state index contributed by atoms with van der Waals surface area (Å²) < 4.78 is 6.86. The summed E-state index contributed by atoms with van der Waals surface area (Å²) in [5.41, 5.74) is 1.15. The Kier molecular flexibility index (Phi) is 3.87. The highest BCUT2D eigenvalue weighted by molar-refractivity contribution is 7.13. The predicted octanol–water partition coefficient (Wildman–Crippen LogP) is 1.92. The molecule has 0 saturated carbocycles. The molecule has 0 N–H and O–H groups in total. The quantitative estimate of drug-likeness (QED) is 0.714. The van der Waals surface area contributed by atoms with E-state index >= 15 is 0 Å². The first-order valence-electron chi connectivity index (χ1n) is 7.68. The van der Waals surface area contributed by atoms with Crippen LogP contribution in [0.15, 0.2) is 47.4 Å². The van der Waals surface area contributed by atoms with Crippen molar-refractivity contribution in [3.05, 3.63) is 58.5 Å². The summed E-state index contributed by atoms with van der Waals surface area (Å²) in [6.07, 6.45) is 1.67. The van der Waals surface area contributed by atoms with Crippen LogP contribution >= 0.6 is 11.5 Å². The van der Waals surface area contributed by atoms with Crippen LogP contribution in [0.1, 0.15) is 10.4 Å². The maximum atomic E-state index is 12.6. The van der Waals surface area contributed by atoms with Gasteiger partial charge in [0, 0.05) is 24.8 Å². The molecule has 2 aromatic heterocycles. The van der Waals surface area contributed by atoms with Gasteiger partial charge in [-0.05, 0) is 41.9 Å². The Morgan fingerprint density at radius 3 is 2.79 bits per heavy atom. The van der Waals surface area contributed by atoms with Crippen molar-refractivity contribution < 1.29 is 9.53 Å². The largest absolute Gasteiger partial charge is 0.378 e. The summed E-state index contributed by atoms with van der Waals surface area (Å²) in [5, 5.41) is 0.590. The number of amides is 1. The Bertz CT molecular complexity index is 957. The lowest BCUT2D eigenvalue weighted by Gasteiger charge is -2.27. The van der Waals surface area contributed by atoms with Gasteiger partial charge >= 0.3 is 0 Å². The second-order valence-corrected chi connectivity index (χ2v) is 6.44. The van der Waals surface area contributed by atoms with E-state index in [1.807, 2.05) is 6.07 Å². The molecule has 1 aliphatic rings. The van der Waals surface area contributed by atoms with E-state index in [1.54, 1.807) is 45.4 Å². The van der Waals surface area contributed by atoms with Gasteiger partial charge in [-0.1, -0.05) is 6.07 Å². The van der Waals surface area contributed by atoms with E-state index < -0.39 is 0 Å². The third-order valence-electron chi connectivity index (χ3n) is 3.99. The van der Waals surface area contributed by atoms with E-state index in [0.29, 0.717) is 47.8 Å². The first kappa shape index (κ1) is 15.0. The third-order valence-corrected chi connectivity index (χ3v) is 5.05. The molecule has 6 nitrogen and oxygen atoms in total. The standard InChI is InChI=1S/C17H15N3O3S/c21-16(19-7-9-23-10-8-19)12-3-1-4-13(11-12)20-17(22)14-5-2-6-18-15(14)24-20/h1-6,11H,7-10H2. The van der Waals surface area contributed by atoms with Gasteiger partial charge in [0.25, 0.3) is 11.5 Å². The molecule has 0 aliphatic carbocycles. The number of morpholine rings is 1. The van der Waals surface area contributed by atoms with Gasteiger partial charge in [-0.25, -0.2) is 8.94 Å². The lowest BCUT2D eigenvalue weighted by Crippen LogP contribution is -2.40. The summed E-state index contributed by atoms with van der Waals surface area (Å²) >= 11 is 1.28. The average molecular weight is 341 g/mol. The maximum Gasteiger partial charge on any atom is 0.274 e. The van der Waals surface area contributed by atoms with Gasteiger partial charge < -0.3 is 9.64 Å². The molecule has 1 aromatic carbocycles. The number of hydrogen-bond donors (Lipinski definition) is 0. The van der Waals surface area contributed by atoms with Crippen molar-refractivity contribution in [3.63, 3.8) is 0 Å². The van der Waals surface area contributed by atoms with E-state index in [2.05, 4.69) is 4.98 Å². The number of pyridine rings is 1. The van der Waals surface area contributed by atoms with Gasteiger partial charge in [0.1, 0.15) is 4.83 Å². The Morgan fingerprint density at radius 2 is 2.00 bits per heavy atom. The molecule has 1 amide bonds. The van der Waals surface area contributed by atoms with Crippen molar-refractivity contribution in [2.45, 2.75) is 0 Å². The van der Waals surface area contributed by atoms with E-state index in [-0.39, 0.29) is 11.5 Å². The van der Waals surface area contributed by atoms with E-state index in [0.717, 1.165) is 0 Å². The molecule has 1 fully saturated rings. The molecule has 0 spiro atoms. The summed E-state index contributed by atoms with van der Waals surface area (Å²) in [6.45, 7) is 2.31. The summed E-state index contributed by atoms with van der Waals surface area (Å²) in [5.74, 6) is -0.0348. The number of ether oxygens (including phenoxy) is 1. The van der Waals surface area contributed by atoms with Gasteiger partial charge in [-0.2, -0.15) is 0 Å². The number of fused-ring (bicyclic) bond motifs is 1. The molecule has 122 valence electrons. The van der Waals surface area contributed by atoms with E-state index in [1.165, 1.54) is 11.5 Å². The lowest BCUT2D eigenvalue weighted by atomic mass is 10.1. The SMILES string of the molecule is O=C(c1cccc(-n2sc3ncccc3c2=O)c1)N1CCOCC1. The highest BCUT2D eigenvalue weighted by Crippen LogP contribution is 2.19. The van der Waals surface area contributed by atoms with Crippen LogP contribution in [0, 0.1) is 0 Å². The van der Waals surface area contributed by atoms with Crippen molar-refractivity contribution in [1.29, 1.82) is 0 Å². The van der Waals surface area contributed by atoms with E-state index in [9.17, 15) is 9.59 Å². The minimum absolute atomic E-state index is 0.0348. The molecular formula is C17H15N3O3S. The van der Waals surface area contributed by atoms with Crippen molar-refractivity contribution >= 4 is 27.7 Å². The van der Waals surface area contributed by atoms with Gasteiger partial charge in [0.15, 0.2) is 0 Å². The van der Waals surface area contributed by atoms with Gasteiger partial charge in [0.2, 0.25) is 0 Å². The molecule has 3 heterocycles. The van der Waals surface area contributed by atoms with Crippen molar-refractivity contribution in [3.8, 4) is 5.69 Å². The fourth-order valence-electron chi connectivity index (χ4n) is 2.75. The molecule has 3 aromatic rings. The number of aromatic nitrogens is 2. The molecule has 4 rings (SSSR count). The van der Waals surface area contributed by atoms with E-state index in [4.69, 9.17) is 4.74 Å². The first-order chi connectivity index (χ1) is 11.7. The Hall–Kier alpha value is -2.51. The molecule has 24 heavy (non-hydrogen) atoms. The normalized spacial score (nSPS) is 14.9. The summed E-state index contributed by atoms with van der Waals surface area (Å²) in [4.78, 5) is 31.8. The van der Waals surface area contributed by atoms with Crippen molar-refractivity contribution in [1.82, 2.24) is 13.8 Å². The smallest absolute Gasteiger partial charge is 0.274 e. The Balaban J connectivity index is 1.72. The second-order valence-electron chi connectivity index (χ2n) is 5.50. The van der Waals surface area contributed by atoms with Crippen LogP contribution in [-0.4, -0.2) is 46.1 Å². The Morgan fingerprint density at radius 1 is 1.17 bits per heavy atom.